The van der Waals surface area contributed by atoms with Crippen LogP contribution in [0.5, 0.6) is 5.75 Å². The van der Waals surface area contributed by atoms with E-state index >= 15 is 0 Å². The number of anilines is 1. The third kappa shape index (κ3) is 5.54. The molecule has 0 unspecified atom stereocenters. The number of ether oxygens (including phenoxy) is 1. The standard InChI is InChI=1S/C17H19N3OS/c1-2-11-21-16-10-6-7-14(12-16)13-18-20-17(22)19-15-8-4-3-5-9-15/h3-10,12-13H,2,11H2,1H3,(H2,19,20,22)/b18-13-. The molecule has 2 aromatic carbocycles. The number of hydrazone groups is 1. The van der Waals surface area contributed by atoms with Crippen LogP contribution in [0.1, 0.15) is 18.9 Å². The summed E-state index contributed by atoms with van der Waals surface area (Å²) >= 11 is 5.17. The lowest BCUT2D eigenvalue weighted by Gasteiger charge is -2.06. The third-order valence-electron chi connectivity index (χ3n) is 2.74. The fourth-order valence-electron chi connectivity index (χ4n) is 1.75. The van der Waals surface area contributed by atoms with E-state index in [0.717, 1.165) is 23.4 Å². The fourth-order valence-corrected chi connectivity index (χ4v) is 1.92. The highest BCUT2D eigenvalue weighted by Gasteiger charge is 1.96. The van der Waals surface area contributed by atoms with E-state index < -0.39 is 0 Å². The van der Waals surface area contributed by atoms with Crippen LogP contribution in [0.4, 0.5) is 5.69 Å². The summed E-state index contributed by atoms with van der Waals surface area (Å²) in [5, 5.41) is 7.62. The second-order valence-corrected chi connectivity index (χ2v) is 5.02. The molecule has 0 heterocycles. The van der Waals surface area contributed by atoms with Crippen molar-refractivity contribution in [2.45, 2.75) is 13.3 Å². The second kappa shape index (κ2) is 8.79. The van der Waals surface area contributed by atoms with Crippen molar-refractivity contribution in [1.82, 2.24) is 5.43 Å². The topological polar surface area (TPSA) is 45.6 Å². The highest BCUT2D eigenvalue weighted by atomic mass is 32.1. The van der Waals surface area contributed by atoms with Crippen LogP contribution in [0, 0.1) is 0 Å². The SMILES string of the molecule is CCCOc1cccc(/C=N\NC(=S)Nc2ccccc2)c1. The lowest BCUT2D eigenvalue weighted by atomic mass is 10.2. The minimum Gasteiger partial charge on any atom is -0.494 e. The van der Waals surface area contributed by atoms with Crippen molar-refractivity contribution in [2.24, 2.45) is 5.10 Å². The monoisotopic (exact) mass is 313 g/mol. The van der Waals surface area contributed by atoms with Gasteiger partial charge in [0.1, 0.15) is 5.75 Å². The number of nitrogens with zero attached hydrogens (tertiary/aromatic N) is 1. The van der Waals surface area contributed by atoms with Crippen molar-refractivity contribution in [3.63, 3.8) is 0 Å². The zero-order chi connectivity index (χ0) is 15.6. The van der Waals surface area contributed by atoms with Crippen LogP contribution in [-0.2, 0) is 0 Å². The maximum absolute atomic E-state index is 5.58. The molecule has 114 valence electrons. The molecule has 0 radical (unpaired) electrons. The van der Waals surface area contributed by atoms with Crippen LogP contribution in [0.25, 0.3) is 0 Å². The first-order valence-corrected chi connectivity index (χ1v) is 7.56. The van der Waals surface area contributed by atoms with Crippen molar-refractivity contribution >= 4 is 29.2 Å². The van der Waals surface area contributed by atoms with Gasteiger partial charge in [-0.1, -0.05) is 37.3 Å². The number of rotatable bonds is 6. The van der Waals surface area contributed by atoms with E-state index in [-0.39, 0.29) is 0 Å². The minimum absolute atomic E-state index is 0.445. The van der Waals surface area contributed by atoms with Crippen LogP contribution in [0.2, 0.25) is 0 Å². The maximum atomic E-state index is 5.58. The Morgan fingerprint density at radius 3 is 2.77 bits per heavy atom. The van der Waals surface area contributed by atoms with Gasteiger partial charge in [-0.15, -0.1) is 0 Å². The van der Waals surface area contributed by atoms with Crippen molar-refractivity contribution in [2.75, 3.05) is 11.9 Å². The molecule has 0 bridgehead atoms. The molecule has 2 N–H and O–H groups in total. The summed E-state index contributed by atoms with van der Waals surface area (Å²) in [5.41, 5.74) is 4.66. The molecule has 0 spiro atoms. The molecule has 5 heteroatoms. The molecule has 2 rings (SSSR count). The lowest BCUT2D eigenvalue weighted by Crippen LogP contribution is -2.23. The summed E-state index contributed by atoms with van der Waals surface area (Å²) < 4.78 is 5.58. The smallest absolute Gasteiger partial charge is 0.191 e. The van der Waals surface area contributed by atoms with Crippen LogP contribution in [-0.4, -0.2) is 17.9 Å². The van der Waals surface area contributed by atoms with Gasteiger partial charge in [-0.05, 0) is 48.5 Å². The average Bonchev–Trinajstić information content (AvgIpc) is 2.54. The molecule has 0 aliphatic rings. The predicted molar refractivity (Wildman–Crippen MR) is 95.6 cm³/mol. The van der Waals surface area contributed by atoms with Crippen molar-refractivity contribution in [3.8, 4) is 5.75 Å². The number of hydrogen-bond acceptors (Lipinski definition) is 3. The summed E-state index contributed by atoms with van der Waals surface area (Å²) in [6, 6.07) is 17.5. The van der Waals surface area contributed by atoms with E-state index in [9.17, 15) is 0 Å². The van der Waals surface area contributed by atoms with Crippen LogP contribution in [0.3, 0.4) is 0 Å². The molecular weight excluding hydrogens is 294 g/mol. The van der Waals surface area contributed by atoms with E-state index in [1.165, 1.54) is 0 Å². The molecule has 4 nitrogen and oxygen atoms in total. The Kier molecular flexibility index (Phi) is 6.39. The Morgan fingerprint density at radius 2 is 2.00 bits per heavy atom. The fraction of sp³-hybridized carbons (Fsp3) is 0.176. The largest absolute Gasteiger partial charge is 0.494 e. The van der Waals surface area contributed by atoms with E-state index in [1.807, 2.05) is 54.6 Å². The average molecular weight is 313 g/mol. The number of nitrogens with one attached hydrogen (secondary N) is 2. The Morgan fingerprint density at radius 1 is 1.18 bits per heavy atom. The Bertz CT molecular complexity index is 629. The molecule has 0 aromatic heterocycles. The second-order valence-electron chi connectivity index (χ2n) is 4.61. The maximum Gasteiger partial charge on any atom is 0.191 e. The molecule has 22 heavy (non-hydrogen) atoms. The third-order valence-corrected chi connectivity index (χ3v) is 2.94. The summed E-state index contributed by atoms with van der Waals surface area (Å²) in [4.78, 5) is 0. The van der Waals surface area contributed by atoms with E-state index in [1.54, 1.807) is 6.21 Å². The quantitative estimate of drug-likeness (QED) is 0.484. The molecule has 0 saturated heterocycles. The first-order chi connectivity index (χ1) is 10.8. The van der Waals surface area contributed by atoms with Gasteiger partial charge in [0.05, 0.1) is 12.8 Å². The van der Waals surface area contributed by atoms with Crippen molar-refractivity contribution < 1.29 is 4.74 Å². The lowest BCUT2D eigenvalue weighted by molar-refractivity contribution is 0.317. The first-order valence-electron chi connectivity index (χ1n) is 7.16. The first kappa shape index (κ1) is 16.0. The van der Waals surface area contributed by atoms with Crippen LogP contribution >= 0.6 is 12.2 Å². The summed E-state index contributed by atoms with van der Waals surface area (Å²) in [7, 11) is 0. The van der Waals surface area contributed by atoms with Gasteiger partial charge in [0, 0.05) is 5.69 Å². The van der Waals surface area contributed by atoms with Crippen LogP contribution in [0.15, 0.2) is 59.7 Å². The Balaban J connectivity index is 1.85. The molecule has 0 aliphatic carbocycles. The molecule has 0 fully saturated rings. The van der Waals surface area contributed by atoms with E-state index in [0.29, 0.717) is 11.7 Å². The van der Waals surface area contributed by atoms with E-state index in [4.69, 9.17) is 17.0 Å². The molecular formula is C17H19N3OS. The van der Waals surface area contributed by atoms with Gasteiger partial charge >= 0.3 is 0 Å². The molecule has 0 amide bonds. The number of para-hydroxylation sites is 1. The highest BCUT2D eigenvalue weighted by Crippen LogP contribution is 2.12. The highest BCUT2D eigenvalue weighted by molar-refractivity contribution is 7.80. The van der Waals surface area contributed by atoms with Crippen molar-refractivity contribution in [3.05, 3.63) is 60.2 Å². The normalized spacial score (nSPS) is 10.4. The van der Waals surface area contributed by atoms with E-state index in [2.05, 4.69) is 22.8 Å². The minimum atomic E-state index is 0.445. The Hall–Kier alpha value is -2.40. The molecule has 2 aromatic rings. The number of hydrogen-bond donors (Lipinski definition) is 2. The Labute approximate surface area is 136 Å². The van der Waals surface area contributed by atoms with Gasteiger partial charge in [-0.3, -0.25) is 5.43 Å². The zero-order valence-corrected chi connectivity index (χ0v) is 13.3. The summed E-state index contributed by atoms with van der Waals surface area (Å²) in [6.07, 6.45) is 2.69. The van der Waals surface area contributed by atoms with Gasteiger partial charge in [0.25, 0.3) is 0 Å². The number of thiocarbonyl (C=S) groups is 1. The van der Waals surface area contributed by atoms with Gasteiger partial charge < -0.3 is 10.1 Å². The molecule has 0 atom stereocenters. The van der Waals surface area contributed by atoms with Crippen LogP contribution < -0.4 is 15.5 Å². The summed E-state index contributed by atoms with van der Waals surface area (Å²) in [5.74, 6) is 0.843. The molecule has 0 aliphatic heterocycles. The summed E-state index contributed by atoms with van der Waals surface area (Å²) in [6.45, 7) is 2.79. The van der Waals surface area contributed by atoms with Gasteiger partial charge in [-0.25, -0.2) is 0 Å². The van der Waals surface area contributed by atoms with Gasteiger partial charge in [-0.2, -0.15) is 5.10 Å². The zero-order valence-electron chi connectivity index (χ0n) is 12.5. The van der Waals surface area contributed by atoms with Crippen molar-refractivity contribution in [1.29, 1.82) is 0 Å². The van der Waals surface area contributed by atoms with Gasteiger partial charge in [0.2, 0.25) is 0 Å². The number of benzene rings is 2. The van der Waals surface area contributed by atoms with Gasteiger partial charge in [0.15, 0.2) is 5.11 Å². The molecule has 0 saturated carbocycles. The predicted octanol–water partition coefficient (Wildman–Crippen LogP) is 3.80.